The minimum Gasteiger partial charge on any atom is -0.355 e. The van der Waals surface area contributed by atoms with Gasteiger partial charge in [-0.15, -0.1) is 11.3 Å². The zero-order valence-electron chi connectivity index (χ0n) is 15.2. The van der Waals surface area contributed by atoms with Crippen molar-refractivity contribution in [2.24, 2.45) is 13.0 Å². The summed E-state index contributed by atoms with van der Waals surface area (Å²) < 4.78 is 1.60. The van der Waals surface area contributed by atoms with Crippen molar-refractivity contribution in [2.75, 3.05) is 12.3 Å². The molecule has 0 aromatic carbocycles. The molecule has 0 radical (unpaired) electrons. The van der Waals surface area contributed by atoms with Crippen LogP contribution < -0.4 is 10.9 Å². The first-order chi connectivity index (χ1) is 12.6. The molecule has 0 atom stereocenters. The van der Waals surface area contributed by atoms with Crippen LogP contribution in [-0.4, -0.2) is 27.8 Å². The van der Waals surface area contributed by atoms with E-state index >= 15 is 0 Å². The molecule has 0 spiro atoms. The quantitative estimate of drug-likeness (QED) is 0.628. The van der Waals surface area contributed by atoms with E-state index in [0.717, 1.165) is 36.0 Å². The third-order valence-corrected chi connectivity index (χ3v) is 7.77. The molecular formula is C19H25N3O2S2. The summed E-state index contributed by atoms with van der Waals surface area (Å²) in [6, 6.07) is 0. The standard InChI is InChI=1S/C19H25N3O2S2/c1-22-18(24)16-13-8-5-9-14(13)26-17(16)21-19(22)25-11-15(23)20-10-12-6-3-2-4-7-12/h12H,2-11H2,1H3,(H,20,23). The molecule has 0 aliphatic heterocycles. The van der Waals surface area contributed by atoms with Crippen LogP contribution in [0, 0.1) is 5.92 Å². The van der Waals surface area contributed by atoms with Crippen molar-refractivity contribution in [3.63, 3.8) is 0 Å². The molecule has 0 saturated heterocycles. The monoisotopic (exact) mass is 391 g/mol. The van der Waals surface area contributed by atoms with Crippen molar-refractivity contribution in [3.05, 3.63) is 20.8 Å². The Morgan fingerprint density at radius 1 is 1.27 bits per heavy atom. The van der Waals surface area contributed by atoms with E-state index in [4.69, 9.17) is 0 Å². The molecule has 1 N–H and O–H groups in total. The molecule has 4 rings (SSSR count). The Labute approximate surface area is 161 Å². The summed E-state index contributed by atoms with van der Waals surface area (Å²) in [5, 5.41) is 4.49. The molecular weight excluding hydrogens is 366 g/mol. The number of nitrogens with zero attached hydrogens (tertiary/aromatic N) is 2. The molecule has 1 fully saturated rings. The summed E-state index contributed by atoms with van der Waals surface area (Å²) in [4.78, 5) is 31.8. The van der Waals surface area contributed by atoms with Crippen LogP contribution in [0.1, 0.15) is 49.0 Å². The maximum Gasteiger partial charge on any atom is 0.262 e. The highest BCUT2D eigenvalue weighted by Crippen LogP contribution is 2.35. The van der Waals surface area contributed by atoms with Crippen LogP contribution in [0.15, 0.2) is 9.95 Å². The van der Waals surface area contributed by atoms with Gasteiger partial charge < -0.3 is 5.32 Å². The Hall–Kier alpha value is -1.34. The van der Waals surface area contributed by atoms with Gasteiger partial charge in [-0.2, -0.15) is 0 Å². The smallest absolute Gasteiger partial charge is 0.262 e. The van der Waals surface area contributed by atoms with E-state index in [1.54, 1.807) is 23.0 Å². The summed E-state index contributed by atoms with van der Waals surface area (Å²) in [6.07, 6.45) is 9.53. The second-order valence-electron chi connectivity index (χ2n) is 7.39. The lowest BCUT2D eigenvalue weighted by atomic mass is 9.89. The van der Waals surface area contributed by atoms with E-state index < -0.39 is 0 Å². The minimum atomic E-state index is 0.0273. The van der Waals surface area contributed by atoms with Gasteiger partial charge in [-0.25, -0.2) is 4.98 Å². The molecule has 0 bridgehead atoms. The summed E-state index contributed by atoms with van der Waals surface area (Å²) in [5.74, 6) is 0.970. The molecule has 2 aliphatic rings. The van der Waals surface area contributed by atoms with Crippen LogP contribution in [-0.2, 0) is 24.7 Å². The van der Waals surface area contributed by atoms with Crippen molar-refractivity contribution in [2.45, 2.75) is 56.5 Å². The fourth-order valence-electron chi connectivity index (χ4n) is 4.07. The van der Waals surface area contributed by atoms with Crippen LogP contribution in [0.4, 0.5) is 0 Å². The van der Waals surface area contributed by atoms with Crippen LogP contribution in [0.5, 0.6) is 0 Å². The average molecular weight is 392 g/mol. The number of amides is 1. The normalized spacial score (nSPS) is 17.6. The Morgan fingerprint density at radius 2 is 2.08 bits per heavy atom. The summed E-state index contributed by atoms with van der Waals surface area (Å²) >= 11 is 3.01. The molecule has 140 valence electrons. The van der Waals surface area contributed by atoms with Gasteiger partial charge in [-0.05, 0) is 43.6 Å². The van der Waals surface area contributed by atoms with Gasteiger partial charge in [-0.3, -0.25) is 14.2 Å². The molecule has 5 nitrogen and oxygen atoms in total. The lowest BCUT2D eigenvalue weighted by Gasteiger charge is -2.21. The number of rotatable bonds is 5. The second-order valence-corrected chi connectivity index (χ2v) is 9.42. The van der Waals surface area contributed by atoms with Gasteiger partial charge in [0.2, 0.25) is 5.91 Å². The number of aryl methyl sites for hydroxylation is 2. The highest BCUT2D eigenvalue weighted by atomic mass is 32.2. The van der Waals surface area contributed by atoms with E-state index in [0.29, 0.717) is 16.8 Å². The zero-order valence-corrected chi connectivity index (χ0v) is 16.8. The van der Waals surface area contributed by atoms with Gasteiger partial charge in [0.1, 0.15) is 4.83 Å². The Balaban J connectivity index is 1.41. The fourth-order valence-corrected chi connectivity index (χ4v) is 6.17. The predicted molar refractivity (Wildman–Crippen MR) is 107 cm³/mol. The van der Waals surface area contributed by atoms with Crippen molar-refractivity contribution in [1.29, 1.82) is 0 Å². The number of thiophene rings is 1. The van der Waals surface area contributed by atoms with E-state index in [-0.39, 0.29) is 11.5 Å². The van der Waals surface area contributed by atoms with Crippen LogP contribution in [0.2, 0.25) is 0 Å². The van der Waals surface area contributed by atoms with Crippen LogP contribution >= 0.6 is 23.1 Å². The third-order valence-electron chi connectivity index (χ3n) is 5.55. The third kappa shape index (κ3) is 3.56. The lowest BCUT2D eigenvalue weighted by Crippen LogP contribution is -2.31. The SMILES string of the molecule is Cn1c(SCC(=O)NCC2CCCCC2)nc2sc3c(c2c1=O)CCC3. The van der Waals surface area contributed by atoms with Crippen molar-refractivity contribution >= 4 is 39.2 Å². The molecule has 1 saturated carbocycles. The molecule has 0 unspecified atom stereocenters. The first-order valence-corrected chi connectivity index (χ1v) is 11.3. The predicted octanol–water partition coefficient (Wildman–Crippen LogP) is 3.27. The van der Waals surface area contributed by atoms with Crippen LogP contribution in [0.3, 0.4) is 0 Å². The first-order valence-electron chi connectivity index (χ1n) is 9.54. The number of nitrogens with one attached hydrogen (secondary N) is 1. The zero-order chi connectivity index (χ0) is 18.1. The van der Waals surface area contributed by atoms with Crippen molar-refractivity contribution in [3.8, 4) is 0 Å². The average Bonchev–Trinajstić information content (AvgIpc) is 3.23. The Bertz CT molecular complexity index is 881. The van der Waals surface area contributed by atoms with Crippen molar-refractivity contribution in [1.82, 2.24) is 14.9 Å². The number of aromatic nitrogens is 2. The minimum absolute atomic E-state index is 0.0273. The molecule has 26 heavy (non-hydrogen) atoms. The van der Waals surface area contributed by atoms with Gasteiger partial charge in [0.05, 0.1) is 11.1 Å². The molecule has 2 heterocycles. The molecule has 2 aliphatic carbocycles. The largest absolute Gasteiger partial charge is 0.355 e. The van der Waals surface area contributed by atoms with E-state index in [1.807, 2.05) is 0 Å². The summed E-state index contributed by atoms with van der Waals surface area (Å²) in [6.45, 7) is 0.780. The molecule has 7 heteroatoms. The summed E-state index contributed by atoms with van der Waals surface area (Å²) in [5.41, 5.74) is 1.24. The molecule has 2 aromatic rings. The maximum absolute atomic E-state index is 12.8. The lowest BCUT2D eigenvalue weighted by molar-refractivity contribution is -0.118. The van der Waals surface area contributed by atoms with Gasteiger partial charge in [-0.1, -0.05) is 31.0 Å². The number of carbonyl (C=O) groups is 1. The van der Waals surface area contributed by atoms with Gasteiger partial charge in [0, 0.05) is 18.5 Å². The van der Waals surface area contributed by atoms with Crippen molar-refractivity contribution < 1.29 is 4.79 Å². The highest BCUT2D eigenvalue weighted by Gasteiger charge is 2.22. The Morgan fingerprint density at radius 3 is 2.88 bits per heavy atom. The van der Waals surface area contributed by atoms with Gasteiger partial charge >= 0.3 is 0 Å². The topological polar surface area (TPSA) is 64.0 Å². The second kappa shape index (κ2) is 7.72. The fraction of sp³-hybridized carbons (Fsp3) is 0.632. The van der Waals surface area contributed by atoms with E-state index in [2.05, 4.69) is 10.3 Å². The highest BCUT2D eigenvalue weighted by molar-refractivity contribution is 7.99. The van der Waals surface area contributed by atoms with Gasteiger partial charge in [0.25, 0.3) is 5.56 Å². The Kier molecular flexibility index (Phi) is 5.36. The number of hydrogen-bond acceptors (Lipinski definition) is 5. The first kappa shape index (κ1) is 18.0. The molecule has 2 aromatic heterocycles. The number of thioether (sulfide) groups is 1. The van der Waals surface area contributed by atoms with Crippen LogP contribution in [0.25, 0.3) is 10.2 Å². The van der Waals surface area contributed by atoms with Gasteiger partial charge in [0.15, 0.2) is 5.16 Å². The molecule has 1 amide bonds. The number of carbonyl (C=O) groups excluding carboxylic acids is 1. The number of hydrogen-bond donors (Lipinski definition) is 1. The van der Waals surface area contributed by atoms with E-state index in [9.17, 15) is 9.59 Å². The van der Waals surface area contributed by atoms with E-state index in [1.165, 1.54) is 54.3 Å². The summed E-state index contributed by atoms with van der Waals surface area (Å²) in [7, 11) is 1.76. The maximum atomic E-state index is 12.8. The number of fused-ring (bicyclic) bond motifs is 3.